The number of benzene rings is 2. The molecule has 170 valence electrons. The van der Waals surface area contributed by atoms with Crippen LogP contribution in [0.5, 0.6) is 0 Å². The molecule has 1 amide bonds. The van der Waals surface area contributed by atoms with Crippen LogP contribution >= 0.6 is 0 Å². The van der Waals surface area contributed by atoms with E-state index in [1.54, 1.807) is 30.3 Å². The van der Waals surface area contributed by atoms with E-state index in [2.05, 4.69) is 0 Å². The number of aliphatic carboxylic acids is 1. The normalized spacial score (nSPS) is 16.5. The second-order valence-electron chi connectivity index (χ2n) is 6.99. The number of anilines is 1. The Morgan fingerprint density at radius 3 is 2.44 bits per heavy atom. The predicted molar refractivity (Wildman–Crippen MR) is 105 cm³/mol. The summed E-state index contributed by atoms with van der Waals surface area (Å²) in [6, 6.07) is 9.30. The van der Waals surface area contributed by atoms with E-state index in [-0.39, 0.29) is 31.9 Å². The minimum atomic E-state index is -4.79. The van der Waals surface area contributed by atoms with E-state index in [9.17, 15) is 38.0 Å². The van der Waals surface area contributed by atoms with Crippen molar-refractivity contribution in [3.63, 3.8) is 0 Å². The number of nitro benzene ring substituents is 1. The molecular formula is C20H18F3N3O6. The number of nitrogens with zero attached hydrogens (tertiary/aromatic N) is 3. The van der Waals surface area contributed by atoms with Gasteiger partial charge in [-0.15, -0.1) is 0 Å². The van der Waals surface area contributed by atoms with Crippen LogP contribution in [0.25, 0.3) is 0 Å². The van der Waals surface area contributed by atoms with E-state index in [1.807, 2.05) is 0 Å². The Labute approximate surface area is 179 Å². The molecule has 0 aromatic heterocycles. The molecule has 32 heavy (non-hydrogen) atoms. The van der Waals surface area contributed by atoms with Crippen LogP contribution in [0.1, 0.15) is 11.1 Å². The van der Waals surface area contributed by atoms with E-state index in [4.69, 9.17) is 4.74 Å². The standard InChI is InChI=1S/C20H18F3N3O6/c21-20(22,23)14-6-7-15(16(10-14)26(30)31)25-9-8-24(11-17(25)18(27)28)19(29)32-12-13-4-2-1-3-5-13/h1-7,10,17H,8-9,11-12H2,(H,27,28). The molecular weight excluding hydrogens is 435 g/mol. The van der Waals surface area contributed by atoms with Crippen molar-refractivity contribution >= 4 is 23.4 Å². The quantitative estimate of drug-likeness (QED) is 0.544. The molecule has 0 bridgehead atoms. The van der Waals surface area contributed by atoms with Gasteiger partial charge in [0.15, 0.2) is 0 Å². The number of nitro groups is 1. The van der Waals surface area contributed by atoms with Crippen LogP contribution < -0.4 is 4.90 Å². The lowest BCUT2D eigenvalue weighted by Crippen LogP contribution is -2.58. The van der Waals surface area contributed by atoms with Crippen LogP contribution in [0.2, 0.25) is 0 Å². The lowest BCUT2D eigenvalue weighted by Gasteiger charge is -2.39. The van der Waals surface area contributed by atoms with Crippen molar-refractivity contribution in [2.75, 3.05) is 24.5 Å². The fourth-order valence-electron chi connectivity index (χ4n) is 3.35. The summed E-state index contributed by atoms with van der Waals surface area (Å²) in [6.45, 7) is -0.567. The Bertz CT molecular complexity index is 1020. The fraction of sp³-hybridized carbons (Fsp3) is 0.300. The molecule has 2 aromatic carbocycles. The summed E-state index contributed by atoms with van der Waals surface area (Å²) >= 11 is 0. The summed E-state index contributed by atoms with van der Waals surface area (Å²) in [5.41, 5.74) is -1.63. The monoisotopic (exact) mass is 453 g/mol. The summed E-state index contributed by atoms with van der Waals surface area (Å²) in [5, 5.41) is 21.0. The van der Waals surface area contributed by atoms with Crippen LogP contribution in [-0.2, 0) is 22.3 Å². The van der Waals surface area contributed by atoms with Crippen molar-refractivity contribution in [1.29, 1.82) is 0 Å². The van der Waals surface area contributed by atoms with Crippen molar-refractivity contribution in [2.45, 2.75) is 18.8 Å². The SMILES string of the molecule is O=C(O)C1CN(C(=O)OCc2ccccc2)CCN1c1ccc(C(F)(F)F)cc1[N+](=O)[O-]. The highest BCUT2D eigenvalue weighted by atomic mass is 19.4. The van der Waals surface area contributed by atoms with Crippen molar-refractivity contribution in [3.05, 3.63) is 69.8 Å². The van der Waals surface area contributed by atoms with Gasteiger partial charge in [0.2, 0.25) is 0 Å². The summed E-state index contributed by atoms with van der Waals surface area (Å²) in [7, 11) is 0. The average molecular weight is 453 g/mol. The van der Waals surface area contributed by atoms with E-state index in [0.29, 0.717) is 12.1 Å². The lowest BCUT2D eigenvalue weighted by molar-refractivity contribution is -0.384. The summed E-state index contributed by atoms with van der Waals surface area (Å²) in [6.07, 6.45) is -5.56. The van der Waals surface area contributed by atoms with Gasteiger partial charge in [0.25, 0.3) is 5.69 Å². The predicted octanol–water partition coefficient (Wildman–Crippen LogP) is 3.53. The summed E-state index contributed by atoms with van der Waals surface area (Å²) < 4.78 is 44.1. The Kier molecular flexibility index (Phi) is 6.51. The summed E-state index contributed by atoms with van der Waals surface area (Å²) in [4.78, 5) is 36.9. The van der Waals surface area contributed by atoms with Gasteiger partial charge in [-0.05, 0) is 17.7 Å². The Balaban J connectivity index is 1.79. The number of carboxylic acids is 1. The number of ether oxygens (including phenoxy) is 1. The van der Waals surface area contributed by atoms with E-state index in [1.165, 1.54) is 0 Å². The largest absolute Gasteiger partial charge is 0.480 e. The van der Waals surface area contributed by atoms with Crippen LogP contribution in [0.3, 0.4) is 0 Å². The first kappa shape index (κ1) is 22.8. The minimum absolute atomic E-state index is 0.0258. The molecule has 1 aliphatic heterocycles. The number of hydrogen-bond acceptors (Lipinski definition) is 6. The second-order valence-corrected chi connectivity index (χ2v) is 6.99. The van der Waals surface area contributed by atoms with Gasteiger partial charge in [-0.3, -0.25) is 10.1 Å². The van der Waals surface area contributed by atoms with E-state index in [0.717, 1.165) is 21.4 Å². The molecule has 1 unspecified atom stereocenters. The molecule has 1 fully saturated rings. The molecule has 0 spiro atoms. The Hall–Kier alpha value is -3.83. The highest BCUT2D eigenvalue weighted by molar-refractivity contribution is 5.82. The molecule has 2 aromatic rings. The fourth-order valence-corrected chi connectivity index (χ4v) is 3.35. The Morgan fingerprint density at radius 1 is 1.16 bits per heavy atom. The van der Waals surface area contributed by atoms with Crippen molar-refractivity contribution in [2.24, 2.45) is 0 Å². The van der Waals surface area contributed by atoms with Crippen molar-refractivity contribution in [3.8, 4) is 0 Å². The molecule has 0 aliphatic carbocycles. The van der Waals surface area contributed by atoms with Gasteiger partial charge in [0, 0.05) is 19.2 Å². The molecule has 12 heteroatoms. The number of piperazine rings is 1. The van der Waals surface area contributed by atoms with Gasteiger partial charge >= 0.3 is 18.2 Å². The van der Waals surface area contributed by atoms with Crippen molar-refractivity contribution in [1.82, 2.24) is 4.90 Å². The van der Waals surface area contributed by atoms with Gasteiger partial charge in [0.1, 0.15) is 18.3 Å². The van der Waals surface area contributed by atoms with Crippen LogP contribution in [0.15, 0.2) is 48.5 Å². The van der Waals surface area contributed by atoms with E-state index < -0.39 is 40.5 Å². The molecule has 1 saturated heterocycles. The smallest absolute Gasteiger partial charge is 0.416 e. The molecule has 1 atom stereocenters. The molecule has 0 saturated carbocycles. The van der Waals surface area contributed by atoms with Crippen LogP contribution in [0, 0.1) is 10.1 Å². The van der Waals surface area contributed by atoms with Crippen molar-refractivity contribution < 1.29 is 37.5 Å². The molecule has 0 radical (unpaired) electrons. The van der Waals surface area contributed by atoms with E-state index >= 15 is 0 Å². The maximum atomic E-state index is 13.0. The topological polar surface area (TPSA) is 113 Å². The van der Waals surface area contributed by atoms with Crippen LogP contribution in [-0.4, -0.2) is 52.7 Å². The number of carbonyl (C=O) groups excluding carboxylic acids is 1. The van der Waals surface area contributed by atoms with Crippen LogP contribution in [0.4, 0.5) is 29.3 Å². The van der Waals surface area contributed by atoms with Gasteiger partial charge in [-0.2, -0.15) is 13.2 Å². The lowest BCUT2D eigenvalue weighted by atomic mass is 10.1. The number of alkyl halides is 3. The van der Waals surface area contributed by atoms with Gasteiger partial charge in [0.05, 0.1) is 17.0 Å². The third-order valence-electron chi connectivity index (χ3n) is 4.94. The minimum Gasteiger partial charge on any atom is -0.480 e. The number of carbonyl (C=O) groups is 2. The highest BCUT2D eigenvalue weighted by Gasteiger charge is 2.39. The summed E-state index contributed by atoms with van der Waals surface area (Å²) in [5.74, 6) is -1.39. The third kappa shape index (κ3) is 5.07. The van der Waals surface area contributed by atoms with Gasteiger partial charge in [-0.1, -0.05) is 30.3 Å². The highest BCUT2D eigenvalue weighted by Crippen LogP contribution is 2.37. The maximum absolute atomic E-state index is 13.0. The zero-order chi connectivity index (χ0) is 23.5. The number of halogens is 3. The second kappa shape index (κ2) is 9.12. The zero-order valence-electron chi connectivity index (χ0n) is 16.5. The molecule has 9 nitrogen and oxygen atoms in total. The number of rotatable bonds is 5. The number of hydrogen-bond donors (Lipinski definition) is 1. The molecule has 3 rings (SSSR count). The average Bonchev–Trinajstić information content (AvgIpc) is 2.76. The molecule has 1 aliphatic rings. The Morgan fingerprint density at radius 2 is 1.84 bits per heavy atom. The van der Waals surface area contributed by atoms with Gasteiger partial charge in [-0.25, -0.2) is 9.59 Å². The zero-order valence-corrected chi connectivity index (χ0v) is 16.5. The molecule has 1 N–H and O–H groups in total. The molecule has 1 heterocycles. The first-order valence-corrected chi connectivity index (χ1v) is 9.38. The first-order valence-electron chi connectivity index (χ1n) is 9.38. The number of carboxylic acid groups (broad SMARTS) is 1. The maximum Gasteiger partial charge on any atom is 0.416 e. The first-order chi connectivity index (χ1) is 15.1. The number of amides is 1. The third-order valence-corrected chi connectivity index (χ3v) is 4.94. The van der Waals surface area contributed by atoms with Gasteiger partial charge < -0.3 is 19.6 Å².